The fraction of sp³-hybridized carbons (Fsp3) is 0.278. The minimum Gasteiger partial charge on any atom is -0.334 e. The van der Waals surface area contributed by atoms with E-state index < -0.39 is 0 Å². The van der Waals surface area contributed by atoms with E-state index in [1.165, 1.54) is 11.8 Å². The number of benzene rings is 1. The van der Waals surface area contributed by atoms with Crippen molar-refractivity contribution in [3.05, 3.63) is 58.5 Å². The van der Waals surface area contributed by atoms with E-state index in [1.807, 2.05) is 18.2 Å². The van der Waals surface area contributed by atoms with Crippen LogP contribution in [0.25, 0.3) is 10.9 Å². The maximum atomic E-state index is 12.3. The van der Waals surface area contributed by atoms with Crippen LogP contribution in [0.5, 0.6) is 0 Å². The highest BCUT2D eigenvalue weighted by Crippen LogP contribution is 2.34. The molecule has 2 aromatic heterocycles. The van der Waals surface area contributed by atoms with Crippen LogP contribution in [-0.2, 0) is 0 Å². The van der Waals surface area contributed by atoms with Gasteiger partial charge in [0.15, 0.2) is 0 Å². The zero-order chi connectivity index (χ0) is 17.2. The number of nitrogens with zero attached hydrogens (tertiary/aromatic N) is 1. The number of amides is 2. The number of nitrogens with one attached hydrogen (secondary N) is 4. The number of aromatic amines is 2. The Balaban J connectivity index is 1.44. The van der Waals surface area contributed by atoms with Gasteiger partial charge in [0, 0.05) is 24.2 Å². The zero-order valence-corrected chi connectivity index (χ0v) is 13.6. The smallest absolute Gasteiger partial charge is 0.320 e. The molecule has 0 saturated heterocycles. The molecule has 4 rings (SSSR count). The van der Waals surface area contributed by atoms with E-state index in [9.17, 15) is 9.59 Å². The van der Waals surface area contributed by atoms with Crippen molar-refractivity contribution in [1.82, 2.24) is 20.5 Å². The van der Waals surface area contributed by atoms with Gasteiger partial charge in [0.2, 0.25) is 0 Å². The van der Waals surface area contributed by atoms with Crippen molar-refractivity contribution in [1.29, 1.82) is 0 Å². The predicted molar refractivity (Wildman–Crippen MR) is 95.7 cm³/mol. The third-order valence-corrected chi connectivity index (χ3v) is 4.76. The minimum atomic E-state index is -0.280. The Hall–Kier alpha value is -3.09. The number of anilines is 1. The number of hydrogen-bond acceptors (Lipinski definition) is 3. The lowest BCUT2D eigenvalue weighted by Crippen LogP contribution is -2.39. The van der Waals surface area contributed by atoms with Gasteiger partial charge >= 0.3 is 6.03 Å². The van der Waals surface area contributed by atoms with Crippen molar-refractivity contribution < 1.29 is 4.79 Å². The van der Waals surface area contributed by atoms with Gasteiger partial charge in [0.25, 0.3) is 5.56 Å². The van der Waals surface area contributed by atoms with Gasteiger partial charge in [-0.05, 0) is 18.4 Å². The van der Waals surface area contributed by atoms with E-state index >= 15 is 0 Å². The lowest BCUT2D eigenvalue weighted by Gasteiger charge is -2.21. The quantitative estimate of drug-likeness (QED) is 0.591. The Bertz CT molecular complexity index is 947. The van der Waals surface area contributed by atoms with E-state index in [4.69, 9.17) is 0 Å². The number of carbonyl (C=O) groups is 1. The fourth-order valence-electron chi connectivity index (χ4n) is 3.55. The summed E-state index contributed by atoms with van der Waals surface area (Å²) >= 11 is 0. The molecule has 0 bridgehead atoms. The van der Waals surface area contributed by atoms with Crippen LogP contribution in [0.2, 0.25) is 0 Å². The summed E-state index contributed by atoms with van der Waals surface area (Å²) in [5.41, 5.74) is 1.64. The lowest BCUT2D eigenvalue weighted by atomic mass is 9.94. The van der Waals surface area contributed by atoms with Crippen LogP contribution >= 0.6 is 0 Å². The molecule has 4 N–H and O–H groups in total. The summed E-state index contributed by atoms with van der Waals surface area (Å²) in [6.45, 7) is 0. The maximum absolute atomic E-state index is 12.3. The first-order chi connectivity index (χ1) is 12.2. The molecule has 2 amide bonds. The second-order valence-electron chi connectivity index (χ2n) is 6.35. The van der Waals surface area contributed by atoms with Gasteiger partial charge in [-0.3, -0.25) is 20.3 Å². The van der Waals surface area contributed by atoms with Gasteiger partial charge in [-0.1, -0.05) is 36.8 Å². The lowest BCUT2D eigenvalue weighted by molar-refractivity contribution is 0.247. The average molecular weight is 337 g/mol. The van der Waals surface area contributed by atoms with E-state index in [1.54, 1.807) is 6.07 Å². The van der Waals surface area contributed by atoms with E-state index in [0.29, 0.717) is 22.6 Å². The number of pyridine rings is 1. The summed E-state index contributed by atoms with van der Waals surface area (Å²) in [4.78, 5) is 28.0. The Morgan fingerprint density at radius 3 is 2.84 bits per heavy atom. The SMILES string of the molecule is O=C(Nc1cc2[nH][nH]c(=O)c2cn1)NC1CCCC1c1ccccc1. The highest BCUT2D eigenvalue weighted by Gasteiger charge is 2.29. The van der Waals surface area contributed by atoms with Gasteiger partial charge in [-0.15, -0.1) is 0 Å². The van der Waals surface area contributed by atoms with Crippen molar-refractivity contribution in [3.63, 3.8) is 0 Å². The first-order valence-corrected chi connectivity index (χ1v) is 8.39. The second kappa shape index (κ2) is 6.43. The molecule has 1 fully saturated rings. The summed E-state index contributed by atoms with van der Waals surface area (Å²) in [5, 5.41) is 11.5. The molecular weight excluding hydrogens is 318 g/mol. The van der Waals surface area contributed by atoms with E-state index in [2.05, 4.69) is 37.9 Å². The molecule has 7 nitrogen and oxygen atoms in total. The number of fused-ring (bicyclic) bond motifs is 1. The normalized spacial score (nSPS) is 19.8. The van der Waals surface area contributed by atoms with E-state index in [-0.39, 0.29) is 17.6 Å². The Morgan fingerprint density at radius 2 is 2.00 bits per heavy atom. The molecule has 0 spiro atoms. The molecule has 0 radical (unpaired) electrons. The number of hydrogen-bond donors (Lipinski definition) is 4. The molecule has 1 aliphatic rings. The van der Waals surface area contributed by atoms with Gasteiger partial charge in [-0.2, -0.15) is 0 Å². The monoisotopic (exact) mass is 337 g/mol. The molecule has 1 aliphatic carbocycles. The van der Waals surface area contributed by atoms with E-state index in [0.717, 1.165) is 19.3 Å². The standard InChI is InChI=1S/C18H19N5O2/c24-17-13-10-19-16(9-15(13)22-23-17)21-18(25)20-14-8-4-7-12(14)11-5-2-1-3-6-11/h1-3,5-6,9-10,12,14H,4,7-8H2,(H2,22,23,24)(H2,19,20,21,25). The summed E-state index contributed by atoms with van der Waals surface area (Å²) < 4.78 is 0. The van der Waals surface area contributed by atoms with Crippen molar-refractivity contribution in [3.8, 4) is 0 Å². The highest BCUT2D eigenvalue weighted by molar-refractivity contribution is 5.90. The first-order valence-electron chi connectivity index (χ1n) is 8.39. The van der Waals surface area contributed by atoms with Gasteiger partial charge in [0.1, 0.15) is 5.82 Å². The Kier molecular flexibility index (Phi) is 3.97. The number of rotatable bonds is 3. The average Bonchev–Trinajstić information content (AvgIpc) is 3.22. The van der Waals surface area contributed by atoms with Crippen molar-refractivity contribution in [2.45, 2.75) is 31.2 Å². The minimum absolute atomic E-state index is 0.109. The summed E-state index contributed by atoms with van der Waals surface area (Å²) in [7, 11) is 0. The summed E-state index contributed by atoms with van der Waals surface area (Å²) in [6, 6.07) is 11.7. The molecule has 3 aromatic rings. The number of aromatic nitrogens is 3. The number of H-pyrrole nitrogens is 2. The molecule has 128 valence electrons. The molecule has 1 saturated carbocycles. The molecule has 25 heavy (non-hydrogen) atoms. The largest absolute Gasteiger partial charge is 0.334 e. The van der Waals surface area contributed by atoms with Crippen LogP contribution in [0.15, 0.2) is 47.4 Å². The molecule has 7 heteroatoms. The second-order valence-corrected chi connectivity index (χ2v) is 6.35. The van der Waals surface area contributed by atoms with Crippen LogP contribution < -0.4 is 16.2 Å². The summed E-state index contributed by atoms with van der Waals surface area (Å²) in [6.07, 6.45) is 4.58. The zero-order valence-electron chi connectivity index (χ0n) is 13.6. The molecular formula is C18H19N5O2. The molecule has 2 heterocycles. The number of urea groups is 1. The first kappa shape index (κ1) is 15.4. The van der Waals surface area contributed by atoms with Gasteiger partial charge in [0.05, 0.1) is 10.9 Å². The molecule has 0 aliphatic heterocycles. The van der Waals surface area contributed by atoms with Gasteiger partial charge < -0.3 is 5.32 Å². The Labute approximate surface area is 143 Å². The molecule has 1 aromatic carbocycles. The topological polar surface area (TPSA) is 103 Å². The molecule has 2 atom stereocenters. The Morgan fingerprint density at radius 1 is 1.16 bits per heavy atom. The summed E-state index contributed by atoms with van der Waals surface area (Å²) in [5.74, 6) is 0.734. The van der Waals surface area contributed by atoms with Crippen molar-refractivity contribution in [2.75, 3.05) is 5.32 Å². The van der Waals surface area contributed by atoms with Crippen LogP contribution in [-0.4, -0.2) is 27.3 Å². The van der Waals surface area contributed by atoms with Crippen molar-refractivity contribution >= 4 is 22.8 Å². The van der Waals surface area contributed by atoms with Crippen LogP contribution in [0.1, 0.15) is 30.7 Å². The maximum Gasteiger partial charge on any atom is 0.320 e. The van der Waals surface area contributed by atoms with Gasteiger partial charge in [-0.25, -0.2) is 9.78 Å². The number of carbonyl (C=O) groups excluding carboxylic acids is 1. The molecule has 2 unspecified atom stereocenters. The van der Waals surface area contributed by atoms with Crippen LogP contribution in [0.3, 0.4) is 0 Å². The predicted octanol–water partition coefficient (Wildman–Crippen LogP) is 2.71. The van der Waals surface area contributed by atoms with Crippen molar-refractivity contribution in [2.24, 2.45) is 0 Å². The van der Waals surface area contributed by atoms with Crippen LogP contribution in [0, 0.1) is 0 Å². The fourth-order valence-corrected chi connectivity index (χ4v) is 3.55. The highest BCUT2D eigenvalue weighted by atomic mass is 16.2. The van der Waals surface area contributed by atoms with Crippen LogP contribution in [0.4, 0.5) is 10.6 Å². The third-order valence-electron chi connectivity index (χ3n) is 4.76. The third kappa shape index (κ3) is 3.13.